The number of aromatic nitrogens is 2. The lowest BCUT2D eigenvalue weighted by Gasteiger charge is -1.86. The van der Waals surface area contributed by atoms with Crippen molar-refractivity contribution in [1.29, 1.82) is 0 Å². The summed E-state index contributed by atoms with van der Waals surface area (Å²) in [6.45, 7) is 0. The Morgan fingerprint density at radius 1 is 1.89 bits per heavy atom. The van der Waals surface area contributed by atoms with Crippen LogP contribution in [0.4, 0.5) is 5.95 Å². The number of carbonyl (C=O) groups excluding carboxylic acids is 1. The van der Waals surface area contributed by atoms with Crippen molar-refractivity contribution >= 4 is 12.0 Å². The third-order valence-corrected chi connectivity index (χ3v) is 0.941. The van der Waals surface area contributed by atoms with Crippen molar-refractivity contribution in [3.8, 4) is 0 Å². The zero-order chi connectivity index (χ0) is 6.69. The minimum absolute atomic E-state index is 0.380. The highest BCUT2D eigenvalue weighted by Crippen LogP contribution is 2.02. The van der Waals surface area contributed by atoms with E-state index in [1.165, 1.54) is 6.08 Å². The molecule has 1 aromatic rings. The van der Waals surface area contributed by atoms with E-state index < -0.39 is 0 Å². The summed E-state index contributed by atoms with van der Waals surface area (Å²) >= 11 is 0. The van der Waals surface area contributed by atoms with Gasteiger partial charge in [0.25, 0.3) is 0 Å². The monoisotopic (exact) mass is 123 g/mol. The van der Waals surface area contributed by atoms with Gasteiger partial charge in [0.15, 0.2) is 0 Å². The number of aryl methyl sites for hydroxylation is 1. The molecule has 0 aromatic carbocycles. The number of hydrogen-bond donors (Lipinski definition) is 0. The molecule has 0 spiro atoms. The summed E-state index contributed by atoms with van der Waals surface area (Å²) in [6.07, 6.45) is 4.67. The fraction of sp³-hybridized carbons (Fsp3) is 0.200. The van der Waals surface area contributed by atoms with Crippen molar-refractivity contribution in [3.05, 3.63) is 12.4 Å². The van der Waals surface area contributed by atoms with Gasteiger partial charge in [0.1, 0.15) is 0 Å². The molecule has 0 aliphatic heterocycles. The van der Waals surface area contributed by atoms with E-state index in [0.717, 1.165) is 0 Å². The molecule has 0 saturated carbocycles. The van der Waals surface area contributed by atoms with Crippen molar-refractivity contribution in [2.45, 2.75) is 0 Å². The van der Waals surface area contributed by atoms with Crippen LogP contribution < -0.4 is 0 Å². The summed E-state index contributed by atoms with van der Waals surface area (Å²) in [5, 5.41) is 0. The quantitative estimate of drug-likeness (QED) is 0.400. The highest BCUT2D eigenvalue weighted by Gasteiger charge is 1.91. The van der Waals surface area contributed by atoms with Crippen molar-refractivity contribution in [2.24, 2.45) is 12.0 Å². The Morgan fingerprint density at radius 3 is 3.11 bits per heavy atom. The number of aliphatic imine (C=N–C) groups is 1. The first-order chi connectivity index (χ1) is 4.34. The molecule has 0 bridgehead atoms. The van der Waals surface area contributed by atoms with Crippen LogP contribution in [0.2, 0.25) is 0 Å². The molecular formula is C5H5N3O. The maximum absolute atomic E-state index is 9.68. The second-order valence-corrected chi connectivity index (χ2v) is 1.54. The molecule has 0 saturated heterocycles. The van der Waals surface area contributed by atoms with E-state index >= 15 is 0 Å². The molecule has 1 rings (SSSR count). The molecule has 0 N–H and O–H groups in total. The lowest BCUT2D eigenvalue weighted by Crippen LogP contribution is -1.81. The fourth-order valence-corrected chi connectivity index (χ4v) is 0.506. The Balaban J connectivity index is 3.07. The first-order valence-electron chi connectivity index (χ1n) is 2.40. The molecule has 0 aliphatic rings. The molecule has 0 unspecified atom stereocenters. The molecule has 1 aromatic heterocycles. The lowest BCUT2D eigenvalue weighted by atomic mass is 10.9. The molecule has 0 radical (unpaired) electrons. The van der Waals surface area contributed by atoms with E-state index in [0.29, 0.717) is 5.95 Å². The Kier molecular flexibility index (Phi) is 1.42. The van der Waals surface area contributed by atoms with Gasteiger partial charge in [-0.1, -0.05) is 0 Å². The van der Waals surface area contributed by atoms with E-state index in [2.05, 4.69) is 9.98 Å². The maximum atomic E-state index is 9.68. The minimum Gasteiger partial charge on any atom is -0.318 e. The molecule has 1 heterocycles. The Hall–Kier alpha value is -1.41. The van der Waals surface area contributed by atoms with Crippen LogP contribution in [0.5, 0.6) is 0 Å². The van der Waals surface area contributed by atoms with Crippen LogP contribution in [0.15, 0.2) is 17.4 Å². The first kappa shape index (κ1) is 5.72. The van der Waals surface area contributed by atoms with Crippen LogP contribution in [0.25, 0.3) is 0 Å². The van der Waals surface area contributed by atoms with E-state index in [1.807, 2.05) is 0 Å². The van der Waals surface area contributed by atoms with E-state index in [9.17, 15) is 4.79 Å². The predicted octanol–water partition coefficient (Wildman–Crippen LogP) is 0.387. The Labute approximate surface area is 51.9 Å². The smallest absolute Gasteiger partial charge is 0.243 e. The van der Waals surface area contributed by atoms with Gasteiger partial charge in [0.2, 0.25) is 12.0 Å². The van der Waals surface area contributed by atoms with Gasteiger partial charge in [-0.2, -0.15) is 0 Å². The van der Waals surface area contributed by atoms with Crippen LogP contribution in [-0.2, 0) is 11.8 Å². The van der Waals surface area contributed by atoms with Gasteiger partial charge in [-0.15, -0.1) is 4.99 Å². The van der Waals surface area contributed by atoms with Crippen molar-refractivity contribution < 1.29 is 4.79 Å². The molecule has 9 heavy (non-hydrogen) atoms. The second-order valence-electron chi connectivity index (χ2n) is 1.54. The molecule has 0 atom stereocenters. The summed E-state index contributed by atoms with van der Waals surface area (Å²) in [5.74, 6) is 0.380. The summed E-state index contributed by atoms with van der Waals surface area (Å²) in [5.41, 5.74) is 0. The maximum Gasteiger partial charge on any atom is 0.243 e. The molecule has 4 nitrogen and oxygen atoms in total. The van der Waals surface area contributed by atoms with E-state index in [4.69, 9.17) is 0 Å². The highest BCUT2D eigenvalue weighted by molar-refractivity contribution is 5.41. The zero-order valence-corrected chi connectivity index (χ0v) is 4.90. The topological polar surface area (TPSA) is 47.2 Å². The van der Waals surface area contributed by atoms with Crippen molar-refractivity contribution in [3.63, 3.8) is 0 Å². The first-order valence-corrected chi connectivity index (χ1v) is 2.40. The van der Waals surface area contributed by atoms with Crippen LogP contribution in [0.1, 0.15) is 0 Å². The summed E-state index contributed by atoms with van der Waals surface area (Å²) < 4.78 is 1.63. The molecule has 0 amide bonds. The van der Waals surface area contributed by atoms with Gasteiger partial charge in [-0.3, -0.25) is 0 Å². The van der Waals surface area contributed by atoms with Crippen LogP contribution >= 0.6 is 0 Å². The van der Waals surface area contributed by atoms with Crippen LogP contribution in [0, 0.1) is 0 Å². The molecule has 46 valence electrons. The van der Waals surface area contributed by atoms with E-state index in [-0.39, 0.29) is 0 Å². The van der Waals surface area contributed by atoms with Gasteiger partial charge in [-0.05, 0) is 0 Å². The molecular weight excluding hydrogens is 118 g/mol. The van der Waals surface area contributed by atoms with Crippen molar-refractivity contribution in [1.82, 2.24) is 9.55 Å². The fourth-order valence-electron chi connectivity index (χ4n) is 0.506. The number of rotatable bonds is 1. The number of nitrogens with zero attached hydrogens (tertiary/aromatic N) is 3. The van der Waals surface area contributed by atoms with Gasteiger partial charge in [-0.25, -0.2) is 9.78 Å². The molecule has 0 fully saturated rings. The number of isocyanates is 1. The molecule has 4 heteroatoms. The normalized spacial score (nSPS) is 8.56. The molecule has 0 aliphatic carbocycles. The highest BCUT2D eigenvalue weighted by atomic mass is 16.1. The van der Waals surface area contributed by atoms with Crippen LogP contribution in [0.3, 0.4) is 0 Å². The van der Waals surface area contributed by atoms with Gasteiger partial charge >= 0.3 is 0 Å². The van der Waals surface area contributed by atoms with Gasteiger partial charge in [0, 0.05) is 19.4 Å². The largest absolute Gasteiger partial charge is 0.318 e. The van der Waals surface area contributed by atoms with Gasteiger partial charge < -0.3 is 4.57 Å². The van der Waals surface area contributed by atoms with Gasteiger partial charge in [0.05, 0.1) is 0 Å². The summed E-state index contributed by atoms with van der Waals surface area (Å²) in [7, 11) is 1.75. The standard InChI is InChI=1S/C5H5N3O/c1-8-3-2-6-5(8)7-4-9/h2-3H,1H3. The average molecular weight is 123 g/mol. The third kappa shape index (κ3) is 1.03. The Morgan fingerprint density at radius 2 is 2.67 bits per heavy atom. The van der Waals surface area contributed by atoms with Crippen LogP contribution in [-0.4, -0.2) is 15.6 Å². The Bertz CT molecular complexity index is 246. The SMILES string of the molecule is Cn1ccnc1N=C=O. The second kappa shape index (κ2) is 2.24. The lowest BCUT2D eigenvalue weighted by molar-refractivity contribution is 0.564. The van der Waals surface area contributed by atoms with E-state index in [1.54, 1.807) is 24.0 Å². The summed E-state index contributed by atoms with van der Waals surface area (Å²) in [4.78, 5) is 16.7. The van der Waals surface area contributed by atoms with Crippen molar-refractivity contribution in [2.75, 3.05) is 0 Å². The summed E-state index contributed by atoms with van der Waals surface area (Å²) in [6, 6.07) is 0. The average Bonchev–Trinajstić information content (AvgIpc) is 2.18. The minimum atomic E-state index is 0.380. The predicted molar refractivity (Wildman–Crippen MR) is 31.0 cm³/mol. The zero-order valence-electron chi connectivity index (χ0n) is 4.90. The third-order valence-electron chi connectivity index (χ3n) is 0.941. The number of imidazole rings is 1. The number of hydrogen-bond acceptors (Lipinski definition) is 3.